The Morgan fingerprint density at radius 1 is 1.56 bits per heavy atom. The van der Waals surface area contributed by atoms with Crippen LogP contribution in [0.3, 0.4) is 0 Å². The van der Waals surface area contributed by atoms with Crippen LogP contribution in [0.25, 0.3) is 0 Å². The van der Waals surface area contributed by atoms with Crippen molar-refractivity contribution in [3.63, 3.8) is 0 Å². The summed E-state index contributed by atoms with van der Waals surface area (Å²) in [5.74, 6) is 0.297. The minimum atomic E-state index is -0.886. The molecule has 1 N–H and O–H groups in total. The molecule has 0 saturated carbocycles. The molecule has 3 heteroatoms. The van der Waals surface area contributed by atoms with Gasteiger partial charge >= 0.3 is 5.97 Å². The van der Waals surface area contributed by atoms with Gasteiger partial charge < -0.3 is 9.84 Å². The minimum absolute atomic E-state index is 0.343. The van der Waals surface area contributed by atoms with Crippen LogP contribution in [0, 0.1) is 6.92 Å². The second kappa shape index (κ2) is 4.16. The van der Waals surface area contributed by atoms with E-state index in [1.807, 2.05) is 13.0 Å². The third-order valence-corrected chi connectivity index (χ3v) is 3.10. The fourth-order valence-corrected chi connectivity index (χ4v) is 2.25. The minimum Gasteiger partial charge on any atom is -0.493 e. The van der Waals surface area contributed by atoms with Crippen molar-refractivity contribution in [2.45, 2.75) is 32.6 Å². The summed E-state index contributed by atoms with van der Waals surface area (Å²) < 4.78 is 5.55. The number of hydrogen-bond donors (Lipinski definition) is 1. The Hall–Kier alpha value is -1.51. The molecule has 3 nitrogen and oxygen atoms in total. The number of fused-ring (bicyclic) bond motifs is 1. The van der Waals surface area contributed by atoms with E-state index in [0.29, 0.717) is 18.1 Å². The van der Waals surface area contributed by atoms with E-state index in [-0.39, 0.29) is 0 Å². The van der Waals surface area contributed by atoms with Crippen molar-refractivity contribution in [2.75, 3.05) is 6.61 Å². The smallest absolute Gasteiger partial charge is 0.336 e. The van der Waals surface area contributed by atoms with Crippen LogP contribution in [0.2, 0.25) is 0 Å². The molecule has 0 saturated heterocycles. The molecule has 0 amide bonds. The largest absolute Gasteiger partial charge is 0.493 e. The van der Waals surface area contributed by atoms with Crippen LogP contribution in [-0.4, -0.2) is 17.7 Å². The van der Waals surface area contributed by atoms with E-state index in [2.05, 4.69) is 6.92 Å². The number of hydrogen-bond acceptors (Lipinski definition) is 2. The van der Waals surface area contributed by atoms with Crippen molar-refractivity contribution in [1.29, 1.82) is 0 Å². The first-order valence-electron chi connectivity index (χ1n) is 5.64. The first kappa shape index (κ1) is 11.0. The van der Waals surface area contributed by atoms with Crippen molar-refractivity contribution < 1.29 is 14.6 Å². The van der Waals surface area contributed by atoms with Crippen LogP contribution in [0.15, 0.2) is 12.1 Å². The molecule has 2 rings (SSSR count). The fourth-order valence-electron chi connectivity index (χ4n) is 2.25. The van der Waals surface area contributed by atoms with Crippen LogP contribution in [0.5, 0.6) is 5.75 Å². The lowest BCUT2D eigenvalue weighted by Gasteiger charge is -2.08. The topological polar surface area (TPSA) is 46.5 Å². The lowest BCUT2D eigenvalue weighted by atomic mass is 9.93. The highest BCUT2D eigenvalue weighted by Gasteiger charge is 2.25. The first-order valence-corrected chi connectivity index (χ1v) is 5.64. The van der Waals surface area contributed by atoms with Crippen molar-refractivity contribution in [2.24, 2.45) is 0 Å². The Kier molecular flexibility index (Phi) is 2.86. The maximum atomic E-state index is 11.0. The highest BCUT2D eigenvalue weighted by atomic mass is 16.5. The summed E-state index contributed by atoms with van der Waals surface area (Å²) in [7, 11) is 0. The maximum absolute atomic E-state index is 11.0. The molecule has 16 heavy (non-hydrogen) atoms. The molecule has 1 aliphatic heterocycles. The zero-order valence-corrected chi connectivity index (χ0v) is 9.62. The summed E-state index contributed by atoms with van der Waals surface area (Å²) in [6, 6.07) is 3.62. The molecule has 1 aromatic carbocycles. The summed E-state index contributed by atoms with van der Waals surface area (Å²) in [6.07, 6.45) is 2.21. The van der Waals surface area contributed by atoms with Crippen LogP contribution in [-0.2, 0) is 0 Å². The number of carbonyl (C=O) groups is 1. The molecule has 1 unspecified atom stereocenters. The molecule has 1 heterocycles. The summed E-state index contributed by atoms with van der Waals surface area (Å²) in [6.45, 7) is 4.67. The van der Waals surface area contributed by atoms with Gasteiger partial charge in [-0.05, 0) is 25.0 Å². The van der Waals surface area contributed by atoms with E-state index in [9.17, 15) is 4.79 Å². The fraction of sp³-hybridized carbons (Fsp3) is 0.462. The lowest BCUT2D eigenvalue weighted by molar-refractivity contribution is 0.0695. The molecule has 1 atom stereocenters. The normalized spacial score (nSPS) is 18.0. The van der Waals surface area contributed by atoms with Crippen LogP contribution in [0.4, 0.5) is 0 Å². The molecule has 1 aromatic rings. The molecule has 86 valence electrons. The Bertz CT molecular complexity index is 423. The van der Waals surface area contributed by atoms with Gasteiger partial charge in [0.25, 0.3) is 0 Å². The van der Waals surface area contributed by atoms with Crippen molar-refractivity contribution in [3.05, 3.63) is 28.8 Å². The lowest BCUT2D eigenvalue weighted by Crippen LogP contribution is -2.01. The molecule has 0 aliphatic carbocycles. The molecule has 0 bridgehead atoms. The predicted molar refractivity (Wildman–Crippen MR) is 61.3 cm³/mol. The third kappa shape index (κ3) is 1.77. The van der Waals surface area contributed by atoms with Crippen LogP contribution in [0.1, 0.15) is 47.2 Å². The Balaban J connectivity index is 2.40. The van der Waals surface area contributed by atoms with E-state index >= 15 is 0 Å². The highest BCUT2D eigenvalue weighted by Crippen LogP contribution is 2.38. The zero-order chi connectivity index (χ0) is 11.7. The molecule has 0 radical (unpaired) electrons. The highest BCUT2D eigenvalue weighted by molar-refractivity contribution is 5.90. The summed E-state index contributed by atoms with van der Waals surface area (Å²) >= 11 is 0. The van der Waals surface area contributed by atoms with Gasteiger partial charge in [0.05, 0.1) is 12.2 Å². The average Bonchev–Trinajstić information content (AvgIpc) is 2.60. The van der Waals surface area contributed by atoms with Gasteiger partial charge in [0.15, 0.2) is 0 Å². The second-order valence-electron chi connectivity index (χ2n) is 4.31. The van der Waals surface area contributed by atoms with Gasteiger partial charge in [0, 0.05) is 11.5 Å². The van der Waals surface area contributed by atoms with Crippen molar-refractivity contribution >= 4 is 5.97 Å². The van der Waals surface area contributed by atoms with Gasteiger partial charge in [-0.25, -0.2) is 4.79 Å². The zero-order valence-electron chi connectivity index (χ0n) is 9.62. The predicted octanol–water partition coefficient (Wildman–Crippen LogP) is 2.97. The summed E-state index contributed by atoms with van der Waals surface area (Å²) in [5.41, 5.74) is 2.33. The number of aromatic carboxylic acids is 1. The van der Waals surface area contributed by atoms with Gasteiger partial charge in [0.2, 0.25) is 0 Å². The Morgan fingerprint density at radius 3 is 2.94 bits per heavy atom. The number of carboxylic acid groups (broad SMARTS) is 1. The molecular weight excluding hydrogens is 204 g/mol. The van der Waals surface area contributed by atoms with E-state index < -0.39 is 5.97 Å². The standard InChI is InChI=1S/C13H16O3/c1-3-4-9-7-16-12-6-10(13(14)15)8(2)5-11(9)12/h5-6,9H,3-4,7H2,1-2H3,(H,14,15). The van der Waals surface area contributed by atoms with Crippen LogP contribution >= 0.6 is 0 Å². The third-order valence-electron chi connectivity index (χ3n) is 3.10. The van der Waals surface area contributed by atoms with Gasteiger partial charge in [0.1, 0.15) is 5.75 Å². The Morgan fingerprint density at radius 2 is 2.31 bits per heavy atom. The van der Waals surface area contributed by atoms with Gasteiger partial charge in [-0.2, -0.15) is 0 Å². The van der Waals surface area contributed by atoms with Crippen molar-refractivity contribution in [1.82, 2.24) is 0 Å². The number of aryl methyl sites for hydroxylation is 1. The van der Waals surface area contributed by atoms with E-state index in [0.717, 1.165) is 24.2 Å². The number of carboxylic acids is 1. The number of rotatable bonds is 3. The van der Waals surface area contributed by atoms with Gasteiger partial charge in [-0.15, -0.1) is 0 Å². The summed E-state index contributed by atoms with van der Waals surface area (Å²) in [5, 5.41) is 9.01. The van der Waals surface area contributed by atoms with Gasteiger partial charge in [-0.3, -0.25) is 0 Å². The average molecular weight is 220 g/mol. The summed E-state index contributed by atoms with van der Waals surface area (Å²) in [4.78, 5) is 11.0. The second-order valence-corrected chi connectivity index (χ2v) is 4.31. The van der Waals surface area contributed by atoms with E-state index in [1.165, 1.54) is 5.56 Å². The molecule has 0 fully saturated rings. The number of ether oxygens (including phenoxy) is 1. The maximum Gasteiger partial charge on any atom is 0.336 e. The molecular formula is C13H16O3. The molecule has 1 aliphatic rings. The van der Waals surface area contributed by atoms with Crippen molar-refractivity contribution in [3.8, 4) is 5.75 Å². The molecule has 0 aromatic heterocycles. The molecule has 0 spiro atoms. The first-order chi connectivity index (χ1) is 7.63. The number of benzene rings is 1. The SMILES string of the molecule is CCCC1COc2cc(C(=O)O)c(C)cc21. The van der Waals surface area contributed by atoms with Gasteiger partial charge in [-0.1, -0.05) is 19.4 Å². The quantitative estimate of drug-likeness (QED) is 0.851. The van der Waals surface area contributed by atoms with Crippen LogP contribution < -0.4 is 4.74 Å². The van der Waals surface area contributed by atoms with E-state index in [1.54, 1.807) is 6.07 Å². The van der Waals surface area contributed by atoms with E-state index in [4.69, 9.17) is 9.84 Å². The Labute approximate surface area is 95.0 Å². The monoisotopic (exact) mass is 220 g/mol.